The van der Waals surface area contributed by atoms with Gasteiger partial charge in [-0.15, -0.1) is 0 Å². The zero-order valence-electron chi connectivity index (χ0n) is 14.4. The van der Waals surface area contributed by atoms with Crippen molar-refractivity contribution in [3.05, 3.63) is 34.3 Å². The van der Waals surface area contributed by atoms with Gasteiger partial charge in [-0.1, -0.05) is 34.1 Å². The maximum Gasteiger partial charge on any atom is 0.227 e. The summed E-state index contributed by atoms with van der Waals surface area (Å²) >= 11 is 3.48. The van der Waals surface area contributed by atoms with Crippen molar-refractivity contribution in [1.29, 1.82) is 0 Å². The summed E-state index contributed by atoms with van der Waals surface area (Å²) in [6.45, 7) is 2.84. The zero-order valence-corrected chi connectivity index (χ0v) is 16.0. The molecule has 0 atom stereocenters. The molecule has 0 aliphatic carbocycles. The maximum absolute atomic E-state index is 12.4. The van der Waals surface area contributed by atoms with E-state index >= 15 is 0 Å². The number of nitrogens with one attached hydrogen (secondary N) is 1. The van der Waals surface area contributed by atoms with Crippen molar-refractivity contribution in [3.8, 4) is 0 Å². The lowest BCUT2D eigenvalue weighted by Gasteiger charge is -2.31. The van der Waals surface area contributed by atoms with E-state index in [0.29, 0.717) is 26.1 Å². The van der Waals surface area contributed by atoms with E-state index in [1.807, 2.05) is 48.2 Å². The summed E-state index contributed by atoms with van der Waals surface area (Å²) in [6, 6.07) is 7.80. The van der Waals surface area contributed by atoms with Crippen LogP contribution in [0.4, 0.5) is 0 Å². The average molecular weight is 396 g/mol. The minimum absolute atomic E-state index is 0.0275. The molecule has 2 rings (SSSR count). The SMILES string of the molecule is CN(C)CCNC(=O)C1CCN(C(=O)Cc2ccccc2Br)CC1. The predicted molar refractivity (Wildman–Crippen MR) is 98.7 cm³/mol. The highest BCUT2D eigenvalue weighted by molar-refractivity contribution is 9.10. The number of nitrogens with zero attached hydrogens (tertiary/aromatic N) is 2. The van der Waals surface area contributed by atoms with Gasteiger partial charge in [0.2, 0.25) is 11.8 Å². The van der Waals surface area contributed by atoms with Gasteiger partial charge >= 0.3 is 0 Å². The molecular formula is C18H26BrN3O2. The first-order valence-corrected chi connectivity index (χ1v) is 9.20. The van der Waals surface area contributed by atoms with Gasteiger partial charge in [-0.2, -0.15) is 0 Å². The molecule has 6 heteroatoms. The summed E-state index contributed by atoms with van der Waals surface area (Å²) in [5.74, 6) is 0.280. The Hall–Kier alpha value is -1.40. The van der Waals surface area contributed by atoms with Crippen molar-refractivity contribution in [3.63, 3.8) is 0 Å². The Morgan fingerprint density at radius 3 is 2.54 bits per heavy atom. The summed E-state index contributed by atoms with van der Waals surface area (Å²) < 4.78 is 0.966. The van der Waals surface area contributed by atoms with Crippen LogP contribution in [0, 0.1) is 5.92 Å². The molecule has 0 bridgehead atoms. The topological polar surface area (TPSA) is 52.7 Å². The van der Waals surface area contributed by atoms with Crippen LogP contribution in [-0.4, -0.2) is 61.9 Å². The zero-order chi connectivity index (χ0) is 17.5. The summed E-state index contributed by atoms with van der Waals surface area (Å²) in [6.07, 6.45) is 1.89. The third-order valence-corrected chi connectivity index (χ3v) is 5.15. The third kappa shape index (κ3) is 5.60. The predicted octanol–water partition coefficient (Wildman–Crippen LogP) is 1.91. The lowest BCUT2D eigenvalue weighted by molar-refractivity contribution is -0.135. The Kier molecular flexibility index (Phi) is 7.24. The van der Waals surface area contributed by atoms with Crippen LogP contribution >= 0.6 is 15.9 Å². The number of rotatable bonds is 6. The Bertz CT molecular complexity index is 569. The first-order chi connectivity index (χ1) is 11.5. The van der Waals surface area contributed by atoms with E-state index in [1.165, 1.54) is 0 Å². The van der Waals surface area contributed by atoms with Gasteiger partial charge in [0.25, 0.3) is 0 Å². The molecule has 1 aromatic carbocycles. The summed E-state index contributed by atoms with van der Waals surface area (Å²) in [5, 5.41) is 2.98. The van der Waals surface area contributed by atoms with E-state index in [9.17, 15) is 9.59 Å². The monoisotopic (exact) mass is 395 g/mol. The lowest BCUT2D eigenvalue weighted by atomic mass is 9.95. The maximum atomic E-state index is 12.4. The van der Waals surface area contributed by atoms with Crippen LogP contribution in [0.3, 0.4) is 0 Å². The molecule has 1 N–H and O–H groups in total. The number of amides is 2. The van der Waals surface area contributed by atoms with Gasteiger partial charge in [0.05, 0.1) is 6.42 Å². The van der Waals surface area contributed by atoms with Gasteiger partial charge in [-0.05, 0) is 38.6 Å². The normalized spacial score (nSPS) is 15.6. The molecule has 1 aromatic rings. The van der Waals surface area contributed by atoms with E-state index in [4.69, 9.17) is 0 Å². The minimum Gasteiger partial charge on any atom is -0.355 e. The standard InChI is InChI=1S/C18H26BrN3O2/c1-21(2)12-9-20-18(24)14-7-10-22(11-8-14)17(23)13-15-5-3-4-6-16(15)19/h3-6,14H,7-13H2,1-2H3,(H,20,24). The average Bonchev–Trinajstić information content (AvgIpc) is 2.56. The number of hydrogen-bond donors (Lipinski definition) is 1. The van der Waals surface area contributed by atoms with Crippen LogP contribution in [-0.2, 0) is 16.0 Å². The molecule has 0 radical (unpaired) electrons. The second-order valence-electron chi connectivity index (χ2n) is 6.52. The van der Waals surface area contributed by atoms with E-state index in [2.05, 4.69) is 21.2 Å². The van der Waals surface area contributed by atoms with Gasteiger partial charge in [-0.3, -0.25) is 9.59 Å². The number of carbonyl (C=O) groups excluding carboxylic acids is 2. The smallest absolute Gasteiger partial charge is 0.227 e. The molecule has 24 heavy (non-hydrogen) atoms. The van der Waals surface area contributed by atoms with Crippen molar-refractivity contribution in [2.45, 2.75) is 19.3 Å². The third-order valence-electron chi connectivity index (χ3n) is 4.38. The number of hydrogen-bond acceptors (Lipinski definition) is 3. The van der Waals surface area contributed by atoms with Crippen LogP contribution in [0.1, 0.15) is 18.4 Å². The second kappa shape index (κ2) is 9.18. The van der Waals surface area contributed by atoms with E-state index < -0.39 is 0 Å². The Labute approximate surface area is 152 Å². The number of piperidine rings is 1. The van der Waals surface area contributed by atoms with Gasteiger partial charge in [0.15, 0.2) is 0 Å². The molecule has 1 fully saturated rings. The van der Waals surface area contributed by atoms with Gasteiger partial charge in [-0.25, -0.2) is 0 Å². The van der Waals surface area contributed by atoms with E-state index in [0.717, 1.165) is 29.4 Å². The van der Waals surface area contributed by atoms with Crippen LogP contribution in [0.25, 0.3) is 0 Å². The first-order valence-electron chi connectivity index (χ1n) is 8.41. The van der Waals surface area contributed by atoms with Crippen LogP contribution in [0.5, 0.6) is 0 Å². The molecule has 1 heterocycles. The number of likely N-dealkylation sites (tertiary alicyclic amines) is 1. The molecule has 5 nitrogen and oxygen atoms in total. The Morgan fingerprint density at radius 1 is 1.25 bits per heavy atom. The fourth-order valence-electron chi connectivity index (χ4n) is 2.85. The molecule has 132 valence electrons. The molecule has 1 aliphatic heterocycles. The molecule has 1 aliphatic rings. The van der Waals surface area contributed by atoms with E-state index in [-0.39, 0.29) is 17.7 Å². The van der Waals surface area contributed by atoms with Gasteiger partial charge in [0, 0.05) is 36.6 Å². The summed E-state index contributed by atoms with van der Waals surface area (Å²) in [4.78, 5) is 28.5. The summed E-state index contributed by atoms with van der Waals surface area (Å²) in [7, 11) is 3.97. The van der Waals surface area contributed by atoms with Crippen LogP contribution < -0.4 is 5.32 Å². The molecular weight excluding hydrogens is 370 g/mol. The molecule has 0 aromatic heterocycles. The number of benzene rings is 1. The van der Waals surface area contributed by atoms with Gasteiger partial charge in [0.1, 0.15) is 0 Å². The largest absolute Gasteiger partial charge is 0.355 e. The highest BCUT2D eigenvalue weighted by Gasteiger charge is 2.27. The van der Waals surface area contributed by atoms with Crippen molar-refractivity contribution >= 4 is 27.7 Å². The minimum atomic E-state index is 0.0275. The number of halogens is 1. The molecule has 2 amide bonds. The molecule has 0 spiro atoms. The lowest BCUT2D eigenvalue weighted by Crippen LogP contribution is -2.44. The molecule has 0 saturated carbocycles. The molecule has 1 saturated heterocycles. The van der Waals surface area contributed by atoms with Crippen LogP contribution in [0.2, 0.25) is 0 Å². The number of likely N-dealkylation sites (N-methyl/N-ethyl adjacent to an activating group) is 1. The van der Waals surface area contributed by atoms with Crippen LogP contribution in [0.15, 0.2) is 28.7 Å². The highest BCUT2D eigenvalue weighted by Crippen LogP contribution is 2.20. The highest BCUT2D eigenvalue weighted by atomic mass is 79.9. The fraction of sp³-hybridized carbons (Fsp3) is 0.556. The fourth-order valence-corrected chi connectivity index (χ4v) is 3.28. The van der Waals surface area contributed by atoms with Crippen molar-refractivity contribution < 1.29 is 9.59 Å². The van der Waals surface area contributed by atoms with Crippen molar-refractivity contribution in [1.82, 2.24) is 15.1 Å². The van der Waals surface area contributed by atoms with Crippen molar-refractivity contribution in [2.24, 2.45) is 5.92 Å². The number of carbonyl (C=O) groups is 2. The van der Waals surface area contributed by atoms with Crippen molar-refractivity contribution in [2.75, 3.05) is 40.3 Å². The Morgan fingerprint density at radius 2 is 1.92 bits per heavy atom. The van der Waals surface area contributed by atoms with Gasteiger partial charge < -0.3 is 15.1 Å². The first kappa shape index (κ1) is 18.9. The summed E-state index contributed by atoms with van der Waals surface area (Å²) in [5.41, 5.74) is 1.01. The Balaban J connectivity index is 1.76. The molecule has 0 unspecified atom stereocenters. The second-order valence-corrected chi connectivity index (χ2v) is 7.37. The van der Waals surface area contributed by atoms with E-state index in [1.54, 1.807) is 0 Å². The quantitative estimate of drug-likeness (QED) is 0.800.